The molecule has 0 aliphatic rings. The Hall–Kier alpha value is -2.65. The molecule has 0 saturated carbocycles. The summed E-state index contributed by atoms with van der Waals surface area (Å²) in [4.78, 5) is 25.1. The summed E-state index contributed by atoms with van der Waals surface area (Å²) >= 11 is 4.79. The molecule has 32 heavy (non-hydrogen) atoms. The molecular formula is C23H26BrN5O2S. The predicted octanol–water partition coefficient (Wildman–Crippen LogP) is 4.72. The van der Waals surface area contributed by atoms with E-state index in [0.29, 0.717) is 16.5 Å². The van der Waals surface area contributed by atoms with Gasteiger partial charge in [-0.15, -0.1) is 10.2 Å². The molecule has 0 radical (unpaired) electrons. The third-order valence-corrected chi connectivity index (χ3v) is 6.86. The fraction of sp³-hybridized carbons (Fsp3) is 0.304. The molecule has 1 atom stereocenters. The fourth-order valence-corrected chi connectivity index (χ4v) is 4.46. The second-order valence-corrected chi connectivity index (χ2v) is 9.46. The summed E-state index contributed by atoms with van der Waals surface area (Å²) in [5.41, 5.74) is 4.54. The first-order valence-corrected chi connectivity index (χ1v) is 11.9. The lowest BCUT2D eigenvalue weighted by Gasteiger charge is -2.14. The van der Waals surface area contributed by atoms with Gasteiger partial charge in [0.05, 0.1) is 17.5 Å². The summed E-state index contributed by atoms with van der Waals surface area (Å²) in [6, 6.07) is 11.0. The standard InChI is InChI=1S/C23H26BrN5O2S/c1-13-8-6-7-9-17(13)22(31)25-16(4)21-27-28-23(29(21)5)32-12-20(30)26-19-11-15(3)14(2)10-18(19)24/h6-11,16H,12H2,1-5H3,(H,25,31)(H,26,30)/t16-/m1/s1. The molecule has 7 nitrogen and oxygen atoms in total. The smallest absolute Gasteiger partial charge is 0.252 e. The van der Waals surface area contributed by atoms with Crippen LogP contribution < -0.4 is 10.6 Å². The fourth-order valence-electron chi connectivity index (χ4n) is 3.19. The van der Waals surface area contributed by atoms with Crippen molar-refractivity contribution in [2.45, 2.75) is 38.9 Å². The van der Waals surface area contributed by atoms with Crippen LogP contribution in [0.1, 0.15) is 45.8 Å². The molecule has 0 bridgehead atoms. The van der Waals surface area contributed by atoms with Gasteiger partial charge in [0, 0.05) is 17.1 Å². The van der Waals surface area contributed by atoms with E-state index in [1.807, 2.05) is 65.1 Å². The molecular weight excluding hydrogens is 490 g/mol. The van der Waals surface area contributed by atoms with Gasteiger partial charge < -0.3 is 15.2 Å². The van der Waals surface area contributed by atoms with Crippen LogP contribution >= 0.6 is 27.7 Å². The van der Waals surface area contributed by atoms with Gasteiger partial charge in [0.2, 0.25) is 5.91 Å². The zero-order valence-corrected chi connectivity index (χ0v) is 21.1. The van der Waals surface area contributed by atoms with Gasteiger partial charge >= 0.3 is 0 Å². The number of aryl methyl sites for hydroxylation is 3. The number of benzene rings is 2. The highest BCUT2D eigenvalue weighted by atomic mass is 79.9. The minimum atomic E-state index is -0.339. The number of aromatic nitrogens is 3. The number of amides is 2. The van der Waals surface area contributed by atoms with Crippen molar-refractivity contribution < 1.29 is 9.59 Å². The molecule has 1 aromatic heterocycles. The SMILES string of the molecule is Cc1cc(Br)c(NC(=O)CSc2nnc([C@@H](C)NC(=O)c3ccccc3C)n2C)cc1C. The number of rotatable bonds is 7. The molecule has 3 rings (SSSR count). The average Bonchev–Trinajstić information content (AvgIpc) is 3.11. The van der Waals surface area contributed by atoms with Gasteiger partial charge in [0.1, 0.15) is 0 Å². The van der Waals surface area contributed by atoms with Crippen molar-refractivity contribution in [3.05, 3.63) is 68.9 Å². The second kappa shape index (κ2) is 10.3. The van der Waals surface area contributed by atoms with Crippen LogP contribution in [0.2, 0.25) is 0 Å². The van der Waals surface area contributed by atoms with Crippen LogP contribution in [0, 0.1) is 20.8 Å². The minimum Gasteiger partial charge on any atom is -0.342 e. The molecule has 0 fully saturated rings. The topological polar surface area (TPSA) is 88.9 Å². The molecule has 0 unspecified atom stereocenters. The largest absolute Gasteiger partial charge is 0.342 e. The zero-order chi connectivity index (χ0) is 23.4. The third kappa shape index (κ3) is 5.58. The van der Waals surface area contributed by atoms with Crippen molar-refractivity contribution in [3.63, 3.8) is 0 Å². The molecule has 2 aromatic carbocycles. The van der Waals surface area contributed by atoms with Gasteiger partial charge in [-0.05, 0) is 78.5 Å². The maximum atomic E-state index is 12.6. The van der Waals surface area contributed by atoms with Crippen LogP contribution in [0.3, 0.4) is 0 Å². The van der Waals surface area contributed by atoms with E-state index in [-0.39, 0.29) is 23.6 Å². The molecule has 168 valence electrons. The highest BCUT2D eigenvalue weighted by molar-refractivity contribution is 9.10. The number of nitrogens with zero attached hydrogens (tertiary/aromatic N) is 3. The maximum Gasteiger partial charge on any atom is 0.252 e. The van der Waals surface area contributed by atoms with Crippen molar-refractivity contribution in [3.8, 4) is 0 Å². The normalized spacial score (nSPS) is 11.8. The summed E-state index contributed by atoms with van der Waals surface area (Å²) < 4.78 is 2.64. The van der Waals surface area contributed by atoms with E-state index in [1.165, 1.54) is 11.8 Å². The number of nitrogens with one attached hydrogen (secondary N) is 2. The number of carbonyl (C=O) groups excluding carboxylic acids is 2. The highest BCUT2D eigenvalue weighted by Gasteiger charge is 2.20. The Morgan fingerprint density at radius 3 is 2.50 bits per heavy atom. The van der Waals surface area contributed by atoms with Crippen molar-refractivity contribution in [1.82, 2.24) is 20.1 Å². The number of hydrogen-bond donors (Lipinski definition) is 2. The number of halogens is 1. The molecule has 9 heteroatoms. The summed E-state index contributed by atoms with van der Waals surface area (Å²) in [5, 5.41) is 14.9. The van der Waals surface area contributed by atoms with Gasteiger partial charge in [0.15, 0.2) is 11.0 Å². The van der Waals surface area contributed by atoms with Crippen molar-refractivity contribution in [1.29, 1.82) is 0 Å². The van der Waals surface area contributed by atoms with Crippen LogP contribution in [0.15, 0.2) is 46.0 Å². The number of thioether (sulfide) groups is 1. The lowest BCUT2D eigenvalue weighted by Crippen LogP contribution is -2.29. The average molecular weight is 516 g/mol. The van der Waals surface area contributed by atoms with Gasteiger partial charge in [-0.2, -0.15) is 0 Å². The first-order chi connectivity index (χ1) is 15.2. The Morgan fingerprint density at radius 1 is 1.09 bits per heavy atom. The molecule has 0 aliphatic heterocycles. The first kappa shape index (κ1) is 24.0. The lowest BCUT2D eigenvalue weighted by atomic mass is 10.1. The first-order valence-electron chi connectivity index (χ1n) is 10.1. The van der Waals surface area contributed by atoms with Gasteiger partial charge in [-0.25, -0.2) is 0 Å². The van der Waals surface area contributed by atoms with Crippen molar-refractivity contribution >= 4 is 45.2 Å². The Kier molecular flexibility index (Phi) is 7.73. The van der Waals surface area contributed by atoms with Crippen LogP contribution in [0.5, 0.6) is 0 Å². The van der Waals surface area contributed by atoms with E-state index in [2.05, 4.69) is 36.8 Å². The quantitative estimate of drug-likeness (QED) is 0.444. The van der Waals surface area contributed by atoms with Gasteiger partial charge in [-0.3, -0.25) is 9.59 Å². The zero-order valence-electron chi connectivity index (χ0n) is 18.7. The van der Waals surface area contributed by atoms with Gasteiger partial charge in [0.25, 0.3) is 5.91 Å². The van der Waals surface area contributed by atoms with E-state index in [9.17, 15) is 9.59 Å². The Labute approximate surface area is 200 Å². The summed E-state index contributed by atoms with van der Waals surface area (Å²) in [6.45, 7) is 7.79. The number of anilines is 1. The van der Waals surface area contributed by atoms with Crippen molar-refractivity contribution in [2.75, 3.05) is 11.1 Å². The Balaban J connectivity index is 1.61. The van der Waals surface area contributed by atoms with Crippen LogP contribution in [-0.2, 0) is 11.8 Å². The monoisotopic (exact) mass is 515 g/mol. The Bertz CT molecular complexity index is 1160. The highest BCUT2D eigenvalue weighted by Crippen LogP contribution is 2.27. The van der Waals surface area contributed by atoms with E-state index in [4.69, 9.17) is 0 Å². The molecule has 2 N–H and O–H groups in total. The van der Waals surface area contributed by atoms with E-state index in [0.717, 1.165) is 26.9 Å². The summed E-state index contributed by atoms with van der Waals surface area (Å²) in [6.07, 6.45) is 0. The van der Waals surface area contributed by atoms with E-state index >= 15 is 0 Å². The predicted molar refractivity (Wildman–Crippen MR) is 131 cm³/mol. The molecule has 0 spiro atoms. The third-order valence-electron chi connectivity index (χ3n) is 5.18. The van der Waals surface area contributed by atoms with Gasteiger partial charge in [-0.1, -0.05) is 30.0 Å². The summed E-state index contributed by atoms with van der Waals surface area (Å²) in [7, 11) is 1.83. The minimum absolute atomic E-state index is 0.135. The van der Waals surface area contributed by atoms with E-state index < -0.39 is 0 Å². The summed E-state index contributed by atoms with van der Waals surface area (Å²) in [5.74, 6) is 0.511. The van der Waals surface area contributed by atoms with Crippen LogP contribution in [-0.4, -0.2) is 32.3 Å². The second-order valence-electron chi connectivity index (χ2n) is 7.66. The molecule has 3 aromatic rings. The Morgan fingerprint density at radius 2 is 1.78 bits per heavy atom. The van der Waals surface area contributed by atoms with Crippen LogP contribution in [0.4, 0.5) is 5.69 Å². The molecule has 1 heterocycles. The van der Waals surface area contributed by atoms with Crippen LogP contribution in [0.25, 0.3) is 0 Å². The molecule has 0 saturated heterocycles. The lowest BCUT2D eigenvalue weighted by molar-refractivity contribution is -0.113. The number of hydrogen-bond acceptors (Lipinski definition) is 5. The maximum absolute atomic E-state index is 12.6. The van der Waals surface area contributed by atoms with E-state index in [1.54, 1.807) is 10.6 Å². The van der Waals surface area contributed by atoms with Crippen molar-refractivity contribution in [2.24, 2.45) is 7.05 Å². The molecule has 0 aliphatic carbocycles. The molecule has 2 amide bonds. The number of carbonyl (C=O) groups is 2.